The molecular formula is C13H19NO2. The lowest BCUT2D eigenvalue weighted by Gasteiger charge is -2.19. The molecule has 0 unspecified atom stereocenters. The number of nitrogens with zero attached hydrogens (tertiary/aromatic N) is 1. The molecule has 1 aromatic rings. The molecule has 0 aromatic heterocycles. The molecule has 2 atom stereocenters. The van der Waals surface area contributed by atoms with Gasteiger partial charge in [0, 0.05) is 19.2 Å². The quantitative estimate of drug-likeness (QED) is 0.843. The highest BCUT2D eigenvalue weighted by Crippen LogP contribution is 2.34. The summed E-state index contributed by atoms with van der Waals surface area (Å²) in [6.45, 7) is 1.25. The van der Waals surface area contributed by atoms with Crippen LogP contribution in [0.25, 0.3) is 0 Å². The van der Waals surface area contributed by atoms with E-state index in [9.17, 15) is 5.11 Å². The van der Waals surface area contributed by atoms with Crippen molar-refractivity contribution < 1.29 is 9.84 Å². The Morgan fingerprint density at radius 3 is 2.94 bits per heavy atom. The van der Waals surface area contributed by atoms with E-state index in [-0.39, 0.29) is 6.61 Å². The summed E-state index contributed by atoms with van der Waals surface area (Å²) in [5.74, 6) is 1.31. The van der Waals surface area contributed by atoms with Crippen molar-refractivity contribution in [2.75, 3.05) is 27.3 Å². The molecule has 1 fully saturated rings. The molecule has 0 radical (unpaired) electrons. The minimum atomic E-state index is 0.283. The Hall–Kier alpha value is -1.06. The maximum atomic E-state index is 9.20. The molecule has 0 spiro atoms. The predicted molar refractivity (Wildman–Crippen MR) is 63.6 cm³/mol. The maximum absolute atomic E-state index is 9.20. The zero-order valence-corrected chi connectivity index (χ0v) is 9.89. The molecular weight excluding hydrogens is 202 g/mol. The number of rotatable bonds is 3. The SMILES string of the molecule is COc1cccc([C@H]2C[C@@H](CO)CN2C)c1. The molecule has 1 aliphatic heterocycles. The van der Waals surface area contributed by atoms with Gasteiger partial charge in [0.05, 0.1) is 7.11 Å². The van der Waals surface area contributed by atoms with Gasteiger partial charge in [-0.05, 0) is 37.1 Å². The largest absolute Gasteiger partial charge is 0.497 e. The van der Waals surface area contributed by atoms with Crippen LogP contribution in [0.5, 0.6) is 5.75 Å². The van der Waals surface area contributed by atoms with E-state index in [1.54, 1.807) is 7.11 Å². The van der Waals surface area contributed by atoms with Crippen LogP contribution >= 0.6 is 0 Å². The average molecular weight is 221 g/mol. The van der Waals surface area contributed by atoms with Crippen LogP contribution in [-0.2, 0) is 0 Å². The summed E-state index contributed by atoms with van der Waals surface area (Å²) in [5.41, 5.74) is 1.28. The minimum Gasteiger partial charge on any atom is -0.497 e. The first-order valence-corrected chi connectivity index (χ1v) is 5.69. The highest BCUT2D eigenvalue weighted by Gasteiger charge is 2.29. The first-order valence-electron chi connectivity index (χ1n) is 5.69. The number of benzene rings is 1. The fourth-order valence-electron chi connectivity index (χ4n) is 2.48. The van der Waals surface area contributed by atoms with Gasteiger partial charge in [-0.3, -0.25) is 4.90 Å². The standard InChI is InChI=1S/C13H19NO2/c1-14-8-10(9-15)6-13(14)11-4-3-5-12(7-11)16-2/h3-5,7,10,13,15H,6,8-9H2,1-2H3/t10-,13-/m1/s1. The van der Waals surface area contributed by atoms with Crippen LogP contribution in [-0.4, -0.2) is 37.3 Å². The second-order valence-corrected chi connectivity index (χ2v) is 4.52. The fourth-order valence-corrected chi connectivity index (χ4v) is 2.48. The van der Waals surface area contributed by atoms with Gasteiger partial charge in [-0.25, -0.2) is 0 Å². The van der Waals surface area contributed by atoms with Crippen LogP contribution in [0.1, 0.15) is 18.0 Å². The second kappa shape index (κ2) is 4.85. The Labute approximate surface area is 96.6 Å². The van der Waals surface area contributed by atoms with Crippen LogP contribution < -0.4 is 4.74 Å². The van der Waals surface area contributed by atoms with Crippen molar-refractivity contribution >= 4 is 0 Å². The van der Waals surface area contributed by atoms with Crippen molar-refractivity contribution in [1.29, 1.82) is 0 Å². The predicted octanol–water partition coefficient (Wildman–Crippen LogP) is 1.68. The molecule has 88 valence electrons. The van der Waals surface area contributed by atoms with E-state index < -0.39 is 0 Å². The average Bonchev–Trinajstić information content (AvgIpc) is 2.71. The van der Waals surface area contributed by atoms with E-state index in [0.717, 1.165) is 18.7 Å². The van der Waals surface area contributed by atoms with E-state index >= 15 is 0 Å². The lowest BCUT2D eigenvalue weighted by atomic mass is 10.0. The van der Waals surface area contributed by atoms with Crippen molar-refractivity contribution in [3.8, 4) is 5.75 Å². The first-order chi connectivity index (χ1) is 7.74. The van der Waals surface area contributed by atoms with E-state index in [2.05, 4.69) is 24.1 Å². The minimum absolute atomic E-state index is 0.283. The van der Waals surface area contributed by atoms with Crippen LogP contribution in [0.4, 0.5) is 0 Å². The molecule has 1 N–H and O–H groups in total. The third kappa shape index (κ3) is 2.20. The Balaban J connectivity index is 2.17. The highest BCUT2D eigenvalue weighted by molar-refractivity contribution is 5.31. The summed E-state index contributed by atoms with van der Waals surface area (Å²) in [4.78, 5) is 2.30. The van der Waals surface area contributed by atoms with E-state index in [0.29, 0.717) is 12.0 Å². The van der Waals surface area contributed by atoms with Gasteiger partial charge < -0.3 is 9.84 Å². The molecule has 3 nitrogen and oxygen atoms in total. The van der Waals surface area contributed by atoms with Gasteiger partial charge >= 0.3 is 0 Å². The zero-order chi connectivity index (χ0) is 11.5. The van der Waals surface area contributed by atoms with Crippen LogP contribution in [0.3, 0.4) is 0 Å². The molecule has 2 rings (SSSR count). The molecule has 0 amide bonds. The Morgan fingerprint density at radius 1 is 1.50 bits per heavy atom. The lowest BCUT2D eigenvalue weighted by Crippen LogP contribution is -2.18. The Kier molecular flexibility index (Phi) is 3.46. The molecule has 1 saturated heterocycles. The summed E-state index contributed by atoms with van der Waals surface area (Å²) < 4.78 is 5.23. The first kappa shape index (κ1) is 11.4. The second-order valence-electron chi connectivity index (χ2n) is 4.52. The van der Waals surface area contributed by atoms with Gasteiger partial charge in [-0.2, -0.15) is 0 Å². The lowest BCUT2D eigenvalue weighted by molar-refractivity contribution is 0.227. The highest BCUT2D eigenvalue weighted by atomic mass is 16.5. The molecule has 1 heterocycles. The summed E-state index contributed by atoms with van der Waals surface area (Å²) >= 11 is 0. The maximum Gasteiger partial charge on any atom is 0.119 e. The van der Waals surface area contributed by atoms with Gasteiger partial charge in [-0.1, -0.05) is 12.1 Å². The van der Waals surface area contributed by atoms with Crippen molar-refractivity contribution in [2.45, 2.75) is 12.5 Å². The number of methoxy groups -OCH3 is 1. The van der Waals surface area contributed by atoms with Gasteiger partial charge in [0.25, 0.3) is 0 Å². The van der Waals surface area contributed by atoms with E-state index in [4.69, 9.17) is 4.74 Å². The van der Waals surface area contributed by atoms with E-state index in [1.165, 1.54) is 5.56 Å². The number of hydrogen-bond acceptors (Lipinski definition) is 3. The summed E-state index contributed by atoms with van der Waals surface area (Å²) in [5, 5.41) is 9.20. The molecule has 1 aromatic carbocycles. The number of aliphatic hydroxyl groups excluding tert-OH is 1. The molecule has 16 heavy (non-hydrogen) atoms. The fraction of sp³-hybridized carbons (Fsp3) is 0.538. The summed E-state index contributed by atoms with van der Waals surface area (Å²) in [6.07, 6.45) is 1.03. The van der Waals surface area contributed by atoms with Crippen molar-refractivity contribution in [2.24, 2.45) is 5.92 Å². The van der Waals surface area contributed by atoms with Crippen LogP contribution in [0, 0.1) is 5.92 Å². The van der Waals surface area contributed by atoms with Gasteiger partial charge in [0.1, 0.15) is 5.75 Å². The molecule has 0 aliphatic carbocycles. The van der Waals surface area contributed by atoms with Gasteiger partial charge in [0.2, 0.25) is 0 Å². The molecule has 0 bridgehead atoms. The van der Waals surface area contributed by atoms with Crippen LogP contribution in [0.15, 0.2) is 24.3 Å². The van der Waals surface area contributed by atoms with Gasteiger partial charge in [-0.15, -0.1) is 0 Å². The molecule has 0 saturated carbocycles. The smallest absolute Gasteiger partial charge is 0.119 e. The third-order valence-corrected chi connectivity index (χ3v) is 3.37. The number of ether oxygens (including phenoxy) is 1. The van der Waals surface area contributed by atoms with Gasteiger partial charge in [0.15, 0.2) is 0 Å². The normalized spacial score (nSPS) is 25.9. The third-order valence-electron chi connectivity index (χ3n) is 3.37. The Morgan fingerprint density at radius 2 is 2.31 bits per heavy atom. The van der Waals surface area contributed by atoms with Crippen LogP contribution in [0.2, 0.25) is 0 Å². The van der Waals surface area contributed by atoms with Crippen molar-refractivity contribution in [3.05, 3.63) is 29.8 Å². The zero-order valence-electron chi connectivity index (χ0n) is 9.89. The summed E-state index contributed by atoms with van der Waals surface area (Å²) in [7, 11) is 3.80. The molecule has 1 aliphatic rings. The topological polar surface area (TPSA) is 32.7 Å². The number of aliphatic hydroxyl groups is 1. The van der Waals surface area contributed by atoms with Crippen molar-refractivity contribution in [3.63, 3.8) is 0 Å². The summed E-state index contributed by atoms with van der Waals surface area (Å²) in [6, 6.07) is 8.60. The number of likely N-dealkylation sites (tertiary alicyclic amines) is 1. The Bertz CT molecular complexity index is 354. The van der Waals surface area contributed by atoms with E-state index in [1.807, 2.05) is 12.1 Å². The monoisotopic (exact) mass is 221 g/mol. The van der Waals surface area contributed by atoms with Crippen molar-refractivity contribution in [1.82, 2.24) is 4.90 Å². The molecule has 3 heteroatoms. The number of hydrogen-bond donors (Lipinski definition) is 1.